The summed E-state index contributed by atoms with van der Waals surface area (Å²) in [6.07, 6.45) is 0.193. The van der Waals surface area contributed by atoms with Crippen LogP contribution in [-0.4, -0.2) is 54.8 Å². The van der Waals surface area contributed by atoms with Gasteiger partial charge < -0.3 is 10.2 Å². The highest BCUT2D eigenvalue weighted by molar-refractivity contribution is 7.89. The Labute approximate surface area is 162 Å². The van der Waals surface area contributed by atoms with Crippen molar-refractivity contribution in [2.75, 3.05) is 36.4 Å². The molecule has 3 heterocycles. The normalized spacial score (nSPS) is 17.1. The summed E-state index contributed by atoms with van der Waals surface area (Å²) >= 11 is 0. The Morgan fingerprint density at radius 2 is 1.89 bits per heavy atom. The number of amides is 1. The highest BCUT2D eigenvalue weighted by atomic mass is 32.2. The molecule has 0 spiro atoms. The summed E-state index contributed by atoms with van der Waals surface area (Å²) in [7, 11) is -3.65. The summed E-state index contributed by atoms with van der Waals surface area (Å²) in [6, 6.07) is 8.34. The highest BCUT2D eigenvalue weighted by Gasteiger charge is 2.31. The molecule has 1 aromatic heterocycles. The van der Waals surface area contributed by atoms with Gasteiger partial charge in [0.05, 0.1) is 11.3 Å². The van der Waals surface area contributed by atoms with E-state index in [4.69, 9.17) is 5.26 Å². The van der Waals surface area contributed by atoms with Crippen molar-refractivity contribution in [1.29, 1.82) is 5.26 Å². The van der Waals surface area contributed by atoms with Crippen molar-refractivity contribution in [3.63, 3.8) is 0 Å². The van der Waals surface area contributed by atoms with Gasteiger partial charge in [0, 0.05) is 37.6 Å². The van der Waals surface area contributed by atoms with E-state index in [0.717, 1.165) is 0 Å². The summed E-state index contributed by atoms with van der Waals surface area (Å²) in [5.41, 5.74) is 2.34. The van der Waals surface area contributed by atoms with Crippen LogP contribution in [0, 0.1) is 18.3 Å². The van der Waals surface area contributed by atoms with E-state index in [-0.39, 0.29) is 30.3 Å². The third-order valence-corrected chi connectivity index (χ3v) is 6.71. The summed E-state index contributed by atoms with van der Waals surface area (Å²) in [6.45, 7) is 3.23. The molecule has 144 valence electrons. The molecule has 0 saturated carbocycles. The first-order valence-corrected chi connectivity index (χ1v) is 10.2. The van der Waals surface area contributed by atoms with Gasteiger partial charge >= 0.3 is 0 Å². The van der Waals surface area contributed by atoms with Gasteiger partial charge in [-0.25, -0.2) is 18.4 Å². The third-order valence-electron chi connectivity index (χ3n) is 4.82. The lowest BCUT2D eigenvalue weighted by Crippen LogP contribution is -2.49. The first kappa shape index (κ1) is 18.3. The lowest BCUT2D eigenvalue weighted by molar-refractivity contribution is -0.115. The molecule has 4 rings (SSSR count). The summed E-state index contributed by atoms with van der Waals surface area (Å²) < 4.78 is 27.4. The molecule has 2 aromatic rings. The first-order valence-electron chi connectivity index (χ1n) is 8.80. The number of piperazine rings is 1. The molecule has 1 N–H and O–H groups in total. The van der Waals surface area contributed by atoms with E-state index >= 15 is 0 Å². The molecule has 10 heteroatoms. The molecule has 9 nitrogen and oxygen atoms in total. The maximum Gasteiger partial charge on any atom is 0.243 e. The van der Waals surface area contributed by atoms with Crippen LogP contribution in [0.3, 0.4) is 0 Å². The Kier molecular flexibility index (Phi) is 4.49. The molecule has 0 atom stereocenters. The zero-order chi connectivity index (χ0) is 19.9. The Hall–Kier alpha value is -3.03. The molecular formula is C18H18N6O3S. The van der Waals surface area contributed by atoms with Gasteiger partial charge in [-0.05, 0) is 36.8 Å². The number of nitrogens with zero attached hydrogens (tertiary/aromatic N) is 5. The lowest BCUT2D eigenvalue weighted by Gasteiger charge is -2.34. The average molecular weight is 398 g/mol. The predicted molar refractivity (Wildman–Crippen MR) is 101 cm³/mol. The van der Waals surface area contributed by atoms with Crippen LogP contribution < -0.4 is 10.2 Å². The van der Waals surface area contributed by atoms with Crippen molar-refractivity contribution in [2.24, 2.45) is 0 Å². The Balaban J connectivity index is 1.51. The topological polar surface area (TPSA) is 119 Å². The molecule has 0 radical (unpaired) electrons. The van der Waals surface area contributed by atoms with Crippen LogP contribution in [0.25, 0.3) is 0 Å². The van der Waals surface area contributed by atoms with Gasteiger partial charge in [-0.3, -0.25) is 4.79 Å². The van der Waals surface area contributed by atoms with Crippen molar-refractivity contribution in [2.45, 2.75) is 18.2 Å². The van der Waals surface area contributed by atoms with E-state index in [9.17, 15) is 13.2 Å². The van der Waals surface area contributed by atoms with Gasteiger partial charge in [0.2, 0.25) is 21.9 Å². The minimum absolute atomic E-state index is 0.131. The fourth-order valence-electron chi connectivity index (χ4n) is 3.40. The number of fused-ring (bicyclic) bond motifs is 1. The van der Waals surface area contributed by atoms with Crippen LogP contribution in [0.5, 0.6) is 0 Å². The van der Waals surface area contributed by atoms with Gasteiger partial charge in [-0.1, -0.05) is 0 Å². The minimum Gasteiger partial charge on any atom is -0.338 e. The number of sulfonamides is 1. The molecule has 0 unspecified atom stereocenters. The van der Waals surface area contributed by atoms with Crippen LogP contribution in [-0.2, 0) is 21.2 Å². The molecule has 1 fully saturated rings. The molecule has 0 bridgehead atoms. The highest BCUT2D eigenvalue weighted by Crippen LogP contribution is 2.28. The number of rotatable bonds is 3. The van der Waals surface area contributed by atoms with Crippen LogP contribution >= 0.6 is 0 Å². The van der Waals surface area contributed by atoms with Gasteiger partial charge in [0.1, 0.15) is 11.8 Å². The predicted octanol–water partition coefficient (Wildman–Crippen LogP) is 0.662. The van der Waals surface area contributed by atoms with Crippen molar-refractivity contribution in [1.82, 2.24) is 14.3 Å². The van der Waals surface area contributed by atoms with E-state index in [1.54, 1.807) is 25.1 Å². The number of anilines is 2. The van der Waals surface area contributed by atoms with E-state index in [2.05, 4.69) is 15.3 Å². The van der Waals surface area contributed by atoms with Crippen LogP contribution in [0.4, 0.5) is 11.6 Å². The smallest absolute Gasteiger partial charge is 0.243 e. The SMILES string of the molecule is Cc1cc(C#N)nc(N2CCN(S(=O)(=O)c3ccc4c(c3)CC(=O)N4)CC2)n1. The monoisotopic (exact) mass is 398 g/mol. The second kappa shape index (κ2) is 6.85. The zero-order valence-electron chi connectivity index (χ0n) is 15.2. The number of aryl methyl sites for hydroxylation is 1. The largest absolute Gasteiger partial charge is 0.338 e. The molecule has 0 aliphatic carbocycles. The number of carbonyl (C=O) groups is 1. The number of hydrogen-bond donors (Lipinski definition) is 1. The second-order valence-electron chi connectivity index (χ2n) is 6.74. The fourth-order valence-corrected chi connectivity index (χ4v) is 4.87. The number of hydrogen-bond acceptors (Lipinski definition) is 7. The van der Waals surface area contributed by atoms with Gasteiger partial charge in [-0.15, -0.1) is 0 Å². The maximum atomic E-state index is 13.0. The fraction of sp³-hybridized carbons (Fsp3) is 0.333. The molecule has 2 aliphatic heterocycles. The van der Waals surface area contributed by atoms with E-state index in [1.165, 1.54) is 10.4 Å². The Morgan fingerprint density at radius 1 is 1.14 bits per heavy atom. The van der Waals surface area contributed by atoms with E-state index < -0.39 is 10.0 Å². The standard InChI is InChI=1S/C18H18N6O3S/c1-12-8-14(11-19)21-18(20-12)23-4-6-24(7-5-23)28(26,27)15-2-3-16-13(9-15)10-17(25)22-16/h2-3,8-9H,4-7,10H2,1H3,(H,22,25). The van der Waals surface area contributed by atoms with Crippen molar-refractivity contribution >= 4 is 27.6 Å². The summed E-state index contributed by atoms with van der Waals surface area (Å²) in [5.74, 6) is 0.309. The number of aromatic nitrogens is 2. The molecule has 1 saturated heterocycles. The van der Waals surface area contributed by atoms with Gasteiger partial charge in [-0.2, -0.15) is 9.57 Å². The van der Waals surface area contributed by atoms with Crippen molar-refractivity contribution in [3.8, 4) is 6.07 Å². The number of nitriles is 1. The van der Waals surface area contributed by atoms with Gasteiger partial charge in [0.25, 0.3) is 0 Å². The second-order valence-corrected chi connectivity index (χ2v) is 8.68. The molecule has 1 amide bonds. The van der Waals surface area contributed by atoms with Crippen LogP contribution in [0.1, 0.15) is 17.0 Å². The number of benzene rings is 1. The maximum absolute atomic E-state index is 13.0. The Morgan fingerprint density at radius 3 is 2.61 bits per heavy atom. The van der Waals surface area contributed by atoms with Gasteiger partial charge in [0.15, 0.2) is 0 Å². The molecule has 2 aliphatic rings. The number of nitrogens with one attached hydrogen (secondary N) is 1. The average Bonchev–Trinajstić information content (AvgIpc) is 3.06. The third kappa shape index (κ3) is 3.30. The quantitative estimate of drug-likeness (QED) is 0.807. The first-order chi connectivity index (χ1) is 13.4. The molecule has 1 aromatic carbocycles. The Bertz CT molecular complexity index is 1100. The lowest BCUT2D eigenvalue weighted by atomic mass is 10.2. The number of carbonyl (C=O) groups excluding carboxylic acids is 1. The van der Waals surface area contributed by atoms with Crippen LogP contribution in [0.15, 0.2) is 29.2 Å². The zero-order valence-corrected chi connectivity index (χ0v) is 16.0. The van der Waals surface area contributed by atoms with Crippen LogP contribution in [0.2, 0.25) is 0 Å². The van der Waals surface area contributed by atoms with E-state index in [0.29, 0.717) is 41.7 Å². The van der Waals surface area contributed by atoms with Crippen molar-refractivity contribution < 1.29 is 13.2 Å². The summed E-state index contributed by atoms with van der Waals surface area (Å²) in [5, 5.41) is 11.8. The summed E-state index contributed by atoms with van der Waals surface area (Å²) in [4.78, 5) is 22.1. The van der Waals surface area contributed by atoms with Crippen molar-refractivity contribution in [3.05, 3.63) is 41.2 Å². The minimum atomic E-state index is -3.65. The molecule has 28 heavy (non-hydrogen) atoms. The molecular weight excluding hydrogens is 380 g/mol. The van der Waals surface area contributed by atoms with E-state index in [1.807, 2.05) is 11.0 Å².